The first-order valence-corrected chi connectivity index (χ1v) is 11.0. The van der Waals surface area contributed by atoms with Crippen LogP contribution in [0.15, 0.2) is 52.7 Å². The summed E-state index contributed by atoms with van der Waals surface area (Å²) in [5, 5.41) is 7.12. The number of hydrogen-bond donors (Lipinski definition) is 1. The molecule has 0 amide bonds. The first-order valence-electron chi connectivity index (χ1n) is 7.84. The lowest BCUT2D eigenvalue weighted by atomic mass is 10.2. The molecule has 2 aromatic carbocycles. The van der Waals surface area contributed by atoms with E-state index < -0.39 is 10.0 Å². The summed E-state index contributed by atoms with van der Waals surface area (Å²) in [6.07, 6.45) is 0. The van der Waals surface area contributed by atoms with Crippen LogP contribution in [0.5, 0.6) is 5.75 Å². The summed E-state index contributed by atoms with van der Waals surface area (Å²) in [6, 6.07) is 11.1. The summed E-state index contributed by atoms with van der Waals surface area (Å²) in [6.45, 7) is 0. The fraction of sp³-hybridized carbons (Fsp3) is 0.0588. The summed E-state index contributed by atoms with van der Waals surface area (Å²) in [4.78, 5) is 4.82. The lowest BCUT2D eigenvalue weighted by Gasteiger charge is -2.05. The molecular weight excluding hydrogens is 443 g/mol. The van der Waals surface area contributed by atoms with E-state index in [0.717, 1.165) is 0 Å². The Hall–Kier alpha value is -2.33. The summed E-state index contributed by atoms with van der Waals surface area (Å²) in [7, 11) is -2.34. The van der Waals surface area contributed by atoms with Crippen LogP contribution in [0.1, 0.15) is 0 Å². The fourth-order valence-electron chi connectivity index (χ4n) is 2.54. The summed E-state index contributed by atoms with van der Waals surface area (Å²) in [5.41, 5.74) is 1.34. The van der Waals surface area contributed by atoms with Gasteiger partial charge in [0, 0.05) is 16.0 Å². The van der Waals surface area contributed by atoms with Crippen molar-refractivity contribution in [2.75, 3.05) is 11.8 Å². The van der Waals surface area contributed by atoms with Crippen molar-refractivity contribution in [2.45, 2.75) is 4.90 Å². The number of fused-ring (bicyclic) bond motifs is 1. The molecule has 7 nitrogen and oxygen atoms in total. The fourth-order valence-corrected chi connectivity index (χ4v) is 4.69. The molecule has 144 valence electrons. The van der Waals surface area contributed by atoms with Crippen molar-refractivity contribution in [3.8, 4) is 17.0 Å². The third-order valence-electron chi connectivity index (χ3n) is 3.88. The molecule has 0 fully saturated rings. The lowest BCUT2D eigenvalue weighted by molar-refractivity contribution is 0.414. The normalized spacial score (nSPS) is 11.7. The van der Waals surface area contributed by atoms with Gasteiger partial charge in [0.15, 0.2) is 0 Å². The van der Waals surface area contributed by atoms with Crippen LogP contribution in [-0.4, -0.2) is 30.1 Å². The van der Waals surface area contributed by atoms with Crippen molar-refractivity contribution >= 4 is 55.5 Å². The molecule has 0 saturated carbocycles. The molecule has 0 spiro atoms. The minimum Gasteiger partial charge on any atom is -0.497 e. The van der Waals surface area contributed by atoms with Crippen molar-refractivity contribution < 1.29 is 13.2 Å². The quantitative estimate of drug-likeness (QED) is 0.477. The van der Waals surface area contributed by atoms with Gasteiger partial charge in [-0.2, -0.15) is 4.98 Å². The Morgan fingerprint density at radius 2 is 1.89 bits per heavy atom. The lowest BCUT2D eigenvalue weighted by Crippen LogP contribution is -2.14. The molecule has 2 aromatic heterocycles. The summed E-state index contributed by atoms with van der Waals surface area (Å²) in [5.74, 6) is 0.518. The van der Waals surface area contributed by atoms with E-state index in [4.69, 9.17) is 27.9 Å². The van der Waals surface area contributed by atoms with E-state index in [9.17, 15) is 8.42 Å². The second kappa shape index (κ2) is 7.25. The Kier molecular flexibility index (Phi) is 4.92. The molecule has 0 aliphatic rings. The highest BCUT2D eigenvalue weighted by atomic mass is 35.5. The van der Waals surface area contributed by atoms with Gasteiger partial charge in [-0.15, -0.1) is 16.4 Å². The third kappa shape index (κ3) is 3.53. The highest BCUT2D eigenvalue weighted by Gasteiger charge is 2.19. The minimum absolute atomic E-state index is 0.0398. The number of ether oxygens (including phenoxy) is 1. The SMILES string of the molecule is COc1ccc(S(=O)(=O)Nc2nc3scc(-c4cc(Cl)ccc4Cl)n3n2)cc1. The van der Waals surface area contributed by atoms with Crippen LogP contribution in [0.2, 0.25) is 10.0 Å². The topological polar surface area (TPSA) is 85.6 Å². The van der Waals surface area contributed by atoms with Gasteiger partial charge in [0.2, 0.25) is 4.96 Å². The molecule has 0 aliphatic carbocycles. The summed E-state index contributed by atoms with van der Waals surface area (Å²) >= 11 is 13.6. The molecule has 0 aliphatic heterocycles. The van der Waals surface area contributed by atoms with E-state index in [1.54, 1.807) is 30.3 Å². The standard InChI is InChI=1S/C17H12Cl2N4O3S2/c1-26-11-3-5-12(6-4-11)28(24,25)22-16-20-17-23(21-16)15(9-27-17)13-8-10(18)2-7-14(13)19/h2-9H,1H3,(H,21,22). The number of thiazole rings is 1. The third-order valence-corrected chi connectivity index (χ3v) is 6.61. The molecule has 11 heteroatoms. The first kappa shape index (κ1) is 19.0. The Labute approximate surface area is 174 Å². The average Bonchev–Trinajstić information content (AvgIpc) is 3.23. The average molecular weight is 455 g/mol. The van der Waals surface area contributed by atoms with Crippen LogP contribution in [0.3, 0.4) is 0 Å². The van der Waals surface area contributed by atoms with E-state index in [1.807, 2.05) is 5.38 Å². The van der Waals surface area contributed by atoms with Crippen LogP contribution in [0.25, 0.3) is 16.2 Å². The zero-order valence-electron chi connectivity index (χ0n) is 14.3. The van der Waals surface area contributed by atoms with Gasteiger partial charge in [0.1, 0.15) is 5.75 Å². The number of anilines is 1. The van der Waals surface area contributed by atoms with Crippen molar-refractivity contribution in [1.29, 1.82) is 0 Å². The second-order valence-corrected chi connectivity index (χ2v) is 9.02. The molecule has 28 heavy (non-hydrogen) atoms. The first-order chi connectivity index (χ1) is 13.4. The molecule has 1 N–H and O–H groups in total. The highest BCUT2D eigenvalue weighted by Crippen LogP contribution is 2.33. The maximum atomic E-state index is 12.6. The van der Waals surface area contributed by atoms with Crippen LogP contribution in [0.4, 0.5) is 5.95 Å². The molecule has 0 saturated heterocycles. The molecule has 4 aromatic rings. The largest absolute Gasteiger partial charge is 0.497 e. The number of nitrogens with zero attached hydrogens (tertiary/aromatic N) is 3. The van der Waals surface area contributed by atoms with Gasteiger partial charge in [-0.25, -0.2) is 17.7 Å². The van der Waals surface area contributed by atoms with Gasteiger partial charge in [-0.1, -0.05) is 23.2 Å². The van der Waals surface area contributed by atoms with Crippen LogP contribution >= 0.6 is 34.5 Å². The van der Waals surface area contributed by atoms with Crippen molar-refractivity contribution in [2.24, 2.45) is 0 Å². The Morgan fingerprint density at radius 1 is 1.14 bits per heavy atom. The Morgan fingerprint density at radius 3 is 2.61 bits per heavy atom. The monoisotopic (exact) mass is 454 g/mol. The number of rotatable bonds is 5. The molecular formula is C17H12Cl2N4O3S2. The highest BCUT2D eigenvalue weighted by molar-refractivity contribution is 7.92. The number of sulfonamides is 1. The molecule has 0 atom stereocenters. The maximum Gasteiger partial charge on any atom is 0.264 e. The number of methoxy groups -OCH3 is 1. The minimum atomic E-state index is -3.84. The molecule has 0 radical (unpaired) electrons. The Balaban J connectivity index is 1.69. The van der Waals surface area contributed by atoms with E-state index >= 15 is 0 Å². The van der Waals surface area contributed by atoms with Crippen LogP contribution in [-0.2, 0) is 10.0 Å². The molecule has 0 unspecified atom stereocenters. The smallest absolute Gasteiger partial charge is 0.264 e. The number of aromatic nitrogens is 3. The molecule has 0 bridgehead atoms. The van der Waals surface area contributed by atoms with Crippen molar-refractivity contribution in [3.05, 3.63) is 57.9 Å². The van der Waals surface area contributed by atoms with E-state index in [2.05, 4.69) is 14.8 Å². The van der Waals surface area contributed by atoms with E-state index in [0.29, 0.717) is 32.0 Å². The van der Waals surface area contributed by atoms with Gasteiger partial charge in [0.25, 0.3) is 16.0 Å². The van der Waals surface area contributed by atoms with Gasteiger partial charge < -0.3 is 4.74 Å². The second-order valence-electron chi connectivity index (χ2n) is 5.66. The van der Waals surface area contributed by atoms with Gasteiger partial charge >= 0.3 is 0 Å². The summed E-state index contributed by atoms with van der Waals surface area (Å²) < 4.78 is 34.1. The van der Waals surface area contributed by atoms with E-state index in [1.165, 1.54) is 35.1 Å². The molecule has 4 rings (SSSR count). The van der Waals surface area contributed by atoms with E-state index in [-0.39, 0.29) is 10.8 Å². The van der Waals surface area contributed by atoms with Gasteiger partial charge in [-0.3, -0.25) is 0 Å². The zero-order valence-corrected chi connectivity index (χ0v) is 17.4. The van der Waals surface area contributed by atoms with Crippen molar-refractivity contribution in [1.82, 2.24) is 14.6 Å². The van der Waals surface area contributed by atoms with Crippen LogP contribution < -0.4 is 9.46 Å². The maximum absolute atomic E-state index is 12.6. The van der Waals surface area contributed by atoms with Crippen LogP contribution in [0, 0.1) is 0 Å². The predicted molar refractivity (Wildman–Crippen MR) is 110 cm³/mol. The number of hydrogen-bond acceptors (Lipinski definition) is 6. The predicted octanol–water partition coefficient (Wildman–Crippen LogP) is 4.57. The zero-order chi connectivity index (χ0) is 19.9. The number of halogens is 2. The Bertz CT molecular complexity index is 1270. The van der Waals surface area contributed by atoms with Gasteiger partial charge in [-0.05, 0) is 42.5 Å². The van der Waals surface area contributed by atoms with Gasteiger partial charge in [0.05, 0.1) is 22.7 Å². The number of nitrogens with one attached hydrogen (secondary N) is 1. The van der Waals surface area contributed by atoms with Crippen molar-refractivity contribution in [3.63, 3.8) is 0 Å². The number of benzene rings is 2. The molecule has 2 heterocycles.